The molecule has 2 amide bonds. The van der Waals surface area contributed by atoms with Gasteiger partial charge in [-0.15, -0.1) is 0 Å². The van der Waals surface area contributed by atoms with Crippen LogP contribution < -0.4 is 10.7 Å². The number of anilines is 1. The molecule has 0 bridgehead atoms. The summed E-state index contributed by atoms with van der Waals surface area (Å²) in [7, 11) is 0. The molecule has 1 atom stereocenters. The van der Waals surface area contributed by atoms with Crippen molar-refractivity contribution in [2.75, 3.05) is 11.9 Å². The van der Waals surface area contributed by atoms with Crippen LogP contribution in [0.25, 0.3) is 10.6 Å². The first-order valence-corrected chi connectivity index (χ1v) is 9.00. The minimum Gasteiger partial charge on any atom is -0.443 e. The third-order valence-corrected chi connectivity index (χ3v) is 4.67. The molecule has 0 spiro atoms. The van der Waals surface area contributed by atoms with E-state index in [4.69, 9.17) is 4.74 Å². The minimum atomic E-state index is -0.575. The van der Waals surface area contributed by atoms with Crippen LogP contribution in [0.3, 0.4) is 0 Å². The van der Waals surface area contributed by atoms with Crippen LogP contribution in [-0.4, -0.2) is 45.2 Å². The molecule has 9 heteroatoms. The largest absolute Gasteiger partial charge is 0.443 e. The average molecular weight is 375 g/mol. The van der Waals surface area contributed by atoms with Gasteiger partial charge < -0.3 is 10.1 Å². The molecule has 138 valence electrons. The van der Waals surface area contributed by atoms with Crippen LogP contribution in [0.4, 0.5) is 9.80 Å². The second-order valence-corrected chi connectivity index (χ2v) is 7.94. The van der Waals surface area contributed by atoms with Crippen LogP contribution in [0, 0.1) is 6.92 Å². The number of aromatic nitrogens is 2. The highest BCUT2D eigenvalue weighted by Gasteiger charge is 2.38. The van der Waals surface area contributed by atoms with Crippen molar-refractivity contribution < 1.29 is 14.3 Å². The van der Waals surface area contributed by atoms with Gasteiger partial charge in [0.25, 0.3) is 0 Å². The number of hydrogen-bond acceptors (Lipinski definition) is 7. The molecular formula is C17H21N5O3S. The van der Waals surface area contributed by atoms with E-state index in [0.29, 0.717) is 5.00 Å². The number of nitrogens with one attached hydrogen (secondary N) is 2. The lowest BCUT2D eigenvalue weighted by Gasteiger charge is -2.39. The smallest absolute Gasteiger partial charge is 0.424 e. The maximum atomic E-state index is 12.4. The number of pyridine rings is 1. The van der Waals surface area contributed by atoms with E-state index in [1.165, 1.54) is 16.3 Å². The fraction of sp³-hybridized carbons (Fsp3) is 0.412. The normalized spacial score (nSPS) is 16.8. The Hall–Kier alpha value is -2.52. The van der Waals surface area contributed by atoms with E-state index in [9.17, 15) is 9.59 Å². The zero-order valence-electron chi connectivity index (χ0n) is 15.1. The predicted octanol–water partition coefficient (Wildman–Crippen LogP) is 2.58. The molecule has 0 saturated carbocycles. The number of ether oxygens (including phenoxy) is 1. The predicted molar refractivity (Wildman–Crippen MR) is 98.6 cm³/mol. The van der Waals surface area contributed by atoms with Gasteiger partial charge in [0.1, 0.15) is 21.7 Å². The Morgan fingerprint density at radius 1 is 1.42 bits per heavy atom. The van der Waals surface area contributed by atoms with Gasteiger partial charge in [0, 0.05) is 18.0 Å². The summed E-state index contributed by atoms with van der Waals surface area (Å²) in [5.74, 6) is -0.214. The third-order valence-electron chi connectivity index (χ3n) is 3.55. The van der Waals surface area contributed by atoms with E-state index in [1.807, 2.05) is 19.1 Å². The molecule has 2 N–H and O–H groups in total. The first-order valence-electron chi connectivity index (χ1n) is 8.18. The second kappa shape index (κ2) is 7.00. The number of carbonyl (C=O) groups is 2. The Morgan fingerprint density at radius 3 is 2.77 bits per heavy atom. The maximum absolute atomic E-state index is 12.4. The molecule has 1 aliphatic rings. The molecule has 0 aromatic carbocycles. The van der Waals surface area contributed by atoms with Gasteiger partial charge in [-0.25, -0.2) is 20.2 Å². The Morgan fingerprint density at radius 2 is 2.15 bits per heavy atom. The standard InChI is InChI=1S/C17H21N5O3S/c1-10-14(26-15(19-10)11-6-5-7-18-8-11)20-13(23)12-9-22(21-12)16(24)25-17(2,3)4/h5-8,12,21H,9H2,1-4H3,(H,20,23). The zero-order chi connectivity index (χ0) is 18.9. The Kier molecular flexibility index (Phi) is 4.92. The summed E-state index contributed by atoms with van der Waals surface area (Å²) in [5.41, 5.74) is 3.87. The summed E-state index contributed by atoms with van der Waals surface area (Å²) >= 11 is 1.39. The van der Waals surface area contributed by atoms with Gasteiger partial charge in [-0.2, -0.15) is 0 Å². The maximum Gasteiger partial charge on any atom is 0.424 e. The quantitative estimate of drug-likeness (QED) is 0.856. The van der Waals surface area contributed by atoms with Crippen molar-refractivity contribution in [1.29, 1.82) is 0 Å². The van der Waals surface area contributed by atoms with E-state index >= 15 is 0 Å². The van der Waals surface area contributed by atoms with Crippen LogP contribution in [0.5, 0.6) is 0 Å². The highest BCUT2D eigenvalue weighted by atomic mass is 32.1. The van der Waals surface area contributed by atoms with Gasteiger partial charge in [0.05, 0.1) is 12.2 Å². The number of amides is 2. The topological polar surface area (TPSA) is 96.5 Å². The number of carbonyl (C=O) groups excluding carboxylic acids is 2. The summed E-state index contributed by atoms with van der Waals surface area (Å²) in [5, 5.41) is 5.63. The Labute approximate surface area is 155 Å². The molecule has 0 radical (unpaired) electrons. The number of nitrogens with zero attached hydrogens (tertiary/aromatic N) is 3. The zero-order valence-corrected chi connectivity index (χ0v) is 15.9. The van der Waals surface area contributed by atoms with Crippen molar-refractivity contribution in [1.82, 2.24) is 20.4 Å². The third kappa shape index (κ3) is 4.17. The van der Waals surface area contributed by atoms with Crippen molar-refractivity contribution >= 4 is 28.3 Å². The Bertz CT molecular complexity index is 810. The van der Waals surface area contributed by atoms with Gasteiger partial charge in [0.2, 0.25) is 5.91 Å². The highest BCUT2D eigenvalue weighted by Crippen LogP contribution is 2.31. The SMILES string of the molecule is Cc1nc(-c2cccnc2)sc1NC(=O)C1CN(C(=O)OC(C)(C)C)N1. The number of aryl methyl sites for hydroxylation is 1. The van der Waals surface area contributed by atoms with Crippen LogP contribution >= 0.6 is 11.3 Å². The summed E-state index contributed by atoms with van der Waals surface area (Å²) in [6.07, 6.45) is 2.94. The molecule has 1 saturated heterocycles. The molecule has 3 rings (SSSR count). The molecule has 1 aliphatic heterocycles. The summed E-state index contributed by atoms with van der Waals surface area (Å²) in [6.45, 7) is 7.48. The van der Waals surface area contributed by atoms with Gasteiger partial charge in [-0.05, 0) is 39.8 Å². The van der Waals surface area contributed by atoms with Gasteiger partial charge in [-0.3, -0.25) is 9.78 Å². The van der Waals surface area contributed by atoms with Crippen molar-refractivity contribution in [3.05, 3.63) is 30.2 Å². The van der Waals surface area contributed by atoms with E-state index in [-0.39, 0.29) is 12.5 Å². The molecule has 8 nitrogen and oxygen atoms in total. The fourth-order valence-electron chi connectivity index (χ4n) is 2.26. The molecular weight excluding hydrogens is 354 g/mol. The summed E-state index contributed by atoms with van der Waals surface area (Å²) < 4.78 is 5.24. The molecule has 2 aromatic rings. The second-order valence-electron chi connectivity index (χ2n) is 6.94. The number of rotatable bonds is 3. The van der Waals surface area contributed by atoms with Crippen molar-refractivity contribution in [2.24, 2.45) is 0 Å². The van der Waals surface area contributed by atoms with Crippen molar-refractivity contribution in [3.8, 4) is 10.6 Å². The molecule has 3 heterocycles. The fourth-order valence-corrected chi connectivity index (χ4v) is 3.22. The number of hydrazine groups is 1. The molecule has 26 heavy (non-hydrogen) atoms. The molecule has 2 aromatic heterocycles. The first kappa shape index (κ1) is 18.3. The van der Waals surface area contributed by atoms with E-state index in [2.05, 4.69) is 20.7 Å². The van der Waals surface area contributed by atoms with Gasteiger partial charge in [0.15, 0.2) is 0 Å². The summed E-state index contributed by atoms with van der Waals surface area (Å²) in [4.78, 5) is 32.8. The van der Waals surface area contributed by atoms with E-state index in [1.54, 1.807) is 33.2 Å². The molecule has 1 unspecified atom stereocenters. The van der Waals surface area contributed by atoms with Crippen molar-refractivity contribution in [2.45, 2.75) is 39.3 Å². The van der Waals surface area contributed by atoms with Gasteiger partial charge in [-0.1, -0.05) is 11.3 Å². The van der Waals surface area contributed by atoms with Crippen molar-refractivity contribution in [3.63, 3.8) is 0 Å². The van der Waals surface area contributed by atoms with Gasteiger partial charge >= 0.3 is 6.09 Å². The first-order chi connectivity index (χ1) is 12.2. The highest BCUT2D eigenvalue weighted by molar-refractivity contribution is 7.19. The minimum absolute atomic E-state index is 0.214. The lowest BCUT2D eigenvalue weighted by Crippen LogP contribution is -2.68. The van der Waals surface area contributed by atoms with Crippen LogP contribution in [-0.2, 0) is 9.53 Å². The lowest BCUT2D eigenvalue weighted by atomic mass is 10.2. The van der Waals surface area contributed by atoms with E-state index in [0.717, 1.165) is 16.3 Å². The monoisotopic (exact) mass is 375 g/mol. The molecule has 0 aliphatic carbocycles. The van der Waals surface area contributed by atoms with Crippen LogP contribution in [0.15, 0.2) is 24.5 Å². The lowest BCUT2D eigenvalue weighted by molar-refractivity contribution is -0.124. The van der Waals surface area contributed by atoms with E-state index < -0.39 is 17.7 Å². The van der Waals surface area contributed by atoms with Crippen LogP contribution in [0.2, 0.25) is 0 Å². The Balaban J connectivity index is 1.57. The van der Waals surface area contributed by atoms with Crippen LogP contribution in [0.1, 0.15) is 26.5 Å². The molecule has 1 fully saturated rings. The average Bonchev–Trinajstić information content (AvgIpc) is 2.86. The number of thiazole rings is 1. The summed E-state index contributed by atoms with van der Waals surface area (Å²) in [6, 6.07) is 3.28. The number of hydrogen-bond donors (Lipinski definition) is 2.